The average molecular weight is 433 g/mol. The highest BCUT2D eigenvalue weighted by molar-refractivity contribution is 7.17. The quantitative estimate of drug-likeness (QED) is 0.358. The second-order valence-electron chi connectivity index (χ2n) is 7.02. The number of carbonyl (C=O) groups is 1. The number of halogens is 1. The minimum atomic E-state index is -1.08. The molecule has 3 aromatic heterocycles. The summed E-state index contributed by atoms with van der Waals surface area (Å²) in [5.41, 5.74) is 3.03. The number of hydrogen-bond donors (Lipinski definition) is 3. The lowest BCUT2D eigenvalue weighted by molar-refractivity contribution is 0.0692. The first kappa shape index (κ1) is 19.1. The third-order valence-corrected chi connectivity index (χ3v) is 5.95. The van der Waals surface area contributed by atoms with Gasteiger partial charge in [-0.15, -0.1) is 11.3 Å². The Morgan fingerprint density at radius 3 is 2.94 bits per heavy atom. The van der Waals surface area contributed by atoms with E-state index in [2.05, 4.69) is 25.5 Å². The van der Waals surface area contributed by atoms with E-state index in [1.807, 2.05) is 23.6 Å². The molecule has 0 radical (unpaired) electrons. The number of benzene rings is 2. The summed E-state index contributed by atoms with van der Waals surface area (Å²) in [4.78, 5) is 19.8. The largest absolute Gasteiger partial charge is 0.476 e. The van der Waals surface area contributed by atoms with Crippen LogP contribution >= 0.6 is 11.3 Å². The third kappa shape index (κ3) is 3.71. The lowest BCUT2D eigenvalue weighted by Crippen LogP contribution is -2.07. The average Bonchev–Trinajstić information content (AvgIpc) is 3.41. The van der Waals surface area contributed by atoms with Crippen LogP contribution in [0, 0.1) is 5.82 Å². The summed E-state index contributed by atoms with van der Waals surface area (Å²) in [7, 11) is 0. The first-order valence-corrected chi connectivity index (χ1v) is 10.4. The molecule has 5 aromatic rings. The van der Waals surface area contributed by atoms with E-state index < -0.39 is 5.97 Å². The minimum Gasteiger partial charge on any atom is -0.476 e. The van der Waals surface area contributed by atoms with Crippen molar-refractivity contribution in [3.63, 3.8) is 0 Å². The Morgan fingerprint density at radius 2 is 2.06 bits per heavy atom. The summed E-state index contributed by atoms with van der Waals surface area (Å²) in [6, 6.07) is 12.6. The molecule has 154 valence electrons. The SMILES string of the molecule is O=C(O)c1n[nH]c2cc(-c3cc(NCCc4cc(F)c5sccc5c4)ncn3)ccc12. The Kier molecular flexibility index (Phi) is 4.79. The van der Waals surface area contributed by atoms with Crippen molar-refractivity contribution in [2.45, 2.75) is 6.42 Å². The van der Waals surface area contributed by atoms with Gasteiger partial charge in [-0.2, -0.15) is 5.10 Å². The highest BCUT2D eigenvalue weighted by Crippen LogP contribution is 2.26. The van der Waals surface area contributed by atoms with Crippen LogP contribution in [-0.4, -0.2) is 37.8 Å². The number of aromatic nitrogens is 4. The number of H-pyrrole nitrogens is 1. The number of nitrogens with one attached hydrogen (secondary N) is 2. The number of nitrogens with zero attached hydrogens (tertiary/aromatic N) is 3. The van der Waals surface area contributed by atoms with E-state index in [4.69, 9.17) is 0 Å². The summed E-state index contributed by atoms with van der Waals surface area (Å²) in [6.45, 7) is 0.590. The number of hydrogen-bond acceptors (Lipinski definition) is 6. The molecule has 0 unspecified atom stereocenters. The molecule has 3 heterocycles. The highest BCUT2D eigenvalue weighted by atomic mass is 32.1. The maximum Gasteiger partial charge on any atom is 0.357 e. The molecule has 0 saturated carbocycles. The first-order chi connectivity index (χ1) is 15.1. The second kappa shape index (κ2) is 7.77. The topological polar surface area (TPSA) is 104 Å². The number of aromatic carboxylic acids is 1. The molecular weight excluding hydrogens is 417 g/mol. The molecule has 31 heavy (non-hydrogen) atoms. The Bertz CT molecular complexity index is 1430. The molecule has 2 aromatic carbocycles. The predicted octanol–water partition coefficient (Wildman–Crippen LogP) is 4.73. The van der Waals surface area contributed by atoms with Crippen LogP contribution in [0.5, 0.6) is 0 Å². The maximum atomic E-state index is 14.2. The molecule has 0 aliphatic carbocycles. The minimum absolute atomic E-state index is 0.0105. The summed E-state index contributed by atoms with van der Waals surface area (Å²) in [6.07, 6.45) is 2.12. The van der Waals surface area contributed by atoms with Gasteiger partial charge < -0.3 is 10.4 Å². The van der Waals surface area contributed by atoms with Gasteiger partial charge in [0.2, 0.25) is 0 Å². The van der Waals surface area contributed by atoms with Gasteiger partial charge in [0.1, 0.15) is 18.0 Å². The molecule has 9 heteroatoms. The van der Waals surface area contributed by atoms with E-state index in [9.17, 15) is 14.3 Å². The Balaban J connectivity index is 1.31. The van der Waals surface area contributed by atoms with Crippen molar-refractivity contribution in [3.05, 3.63) is 71.2 Å². The smallest absolute Gasteiger partial charge is 0.357 e. The second-order valence-corrected chi connectivity index (χ2v) is 7.94. The van der Waals surface area contributed by atoms with E-state index in [0.717, 1.165) is 16.5 Å². The van der Waals surface area contributed by atoms with E-state index in [-0.39, 0.29) is 11.5 Å². The zero-order valence-corrected chi connectivity index (χ0v) is 16.9. The van der Waals surface area contributed by atoms with E-state index in [1.54, 1.807) is 24.3 Å². The van der Waals surface area contributed by atoms with Crippen LogP contribution in [-0.2, 0) is 6.42 Å². The first-order valence-electron chi connectivity index (χ1n) is 9.52. The van der Waals surface area contributed by atoms with E-state index >= 15 is 0 Å². The molecule has 0 aliphatic rings. The van der Waals surface area contributed by atoms with Crippen molar-refractivity contribution in [1.29, 1.82) is 0 Å². The van der Waals surface area contributed by atoms with Gasteiger partial charge >= 0.3 is 5.97 Å². The molecule has 3 N–H and O–H groups in total. The Labute approximate surface area is 179 Å². The number of anilines is 1. The fourth-order valence-electron chi connectivity index (χ4n) is 3.53. The van der Waals surface area contributed by atoms with Gasteiger partial charge in [-0.25, -0.2) is 19.2 Å². The van der Waals surface area contributed by atoms with Crippen molar-refractivity contribution in [1.82, 2.24) is 20.2 Å². The van der Waals surface area contributed by atoms with Crippen LogP contribution < -0.4 is 5.32 Å². The van der Waals surface area contributed by atoms with Gasteiger partial charge in [0.25, 0.3) is 0 Å². The van der Waals surface area contributed by atoms with Crippen molar-refractivity contribution in [3.8, 4) is 11.3 Å². The highest BCUT2D eigenvalue weighted by Gasteiger charge is 2.13. The molecule has 7 nitrogen and oxygen atoms in total. The predicted molar refractivity (Wildman–Crippen MR) is 118 cm³/mol. The zero-order chi connectivity index (χ0) is 21.4. The Hall–Kier alpha value is -3.85. The molecule has 0 spiro atoms. The normalized spacial score (nSPS) is 11.3. The monoisotopic (exact) mass is 433 g/mol. The number of thiophene rings is 1. The molecule has 5 rings (SSSR count). The van der Waals surface area contributed by atoms with Crippen molar-refractivity contribution in [2.75, 3.05) is 11.9 Å². The van der Waals surface area contributed by atoms with Crippen LogP contribution in [0.15, 0.2) is 54.2 Å². The van der Waals surface area contributed by atoms with Crippen LogP contribution in [0.1, 0.15) is 16.1 Å². The van der Waals surface area contributed by atoms with E-state index in [1.165, 1.54) is 17.7 Å². The van der Waals surface area contributed by atoms with Crippen LogP contribution in [0.3, 0.4) is 0 Å². The molecule has 0 atom stereocenters. The van der Waals surface area contributed by atoms with Gasteiger partial charge in [0.15, 0.2) is 5.69 Å². The molecule has 0 aliphatic heterocycles. The molecule has 0 fully saturated rings. The lowest BCUT2D eigenvalue weighted by atomic mass is 10.1. The standard InChI is InChI=1S/C22H16FN5O2S/c23-16-8-12(7-14-4-6-31-21(14)16)3-5-24-19-10-17(25-11-26-19)13-1-2-15-18(9-13)27-28-20(15)22(29)30/h1-2,4,6-11H,3,5H2,(H,27,28)(H,29,30)(H,24,25,26). The fourth-order valence-corrected chi connectivity index (χ4v) is 4.31. The van der Waals surface area contributed by atoms with E-state index in [0.29, 0.717) is 40.1 Å². The molecular formula is C22H16FN5O2S. The summed E-state index contributed by atoms with van der Waals surface area (Å²) < 4.78 is 14.8. The number of fused-ring (bicyclic) bond motifs is 2. The van der Waals surface area contributed by atoms with Crippen LogP contribution in [0.2, 0.25) is 0 Å². The van der Waals surface area contributed by atoms with Crippen molar-refractivity contribution in [2.24, 2.45) is 0 Å². The summed E-state index contributed by atoms with van der Waals surface area (Å²) >= 11 is 1.40. The fraction of sp³-hybridized carbons (Fsp3) is 0.0909. The van der Waals surface area contributed by atoms with Gasteiger partial charge in [-0.3, -0.25) is 5.10 Å². The maximum absolute atomic E-state index is 14.2. The number of rotatable bonds is 6. The summed E-state index contributed by atoms with van der Waals surface area (Å²) in [5.74, 6) is -0.615. The Morgan fingerprint density at radius 1 is 1.16 bits per heavy atom. The van der Waals surface area contributed by atoms with Gasteiger partial charge in [0, 0.05) is 23.6 Å². The van der Waals surface area contributed by atoms with Gasteiger partial charge in [-0.1, -0.05) is 12.1 Å². The number of carboxylic acids is 1. The van der Waals surface area contributed by atoms with Crippen molar-refractivity contribution < 1.29 is 14.3 Å². The lowest BCUT2D eigenvalue weighted by Gasteiger charge is -2.08. The zero-order valence-electron chi connectivity index (χ0n) is 16.1. The molecule has 0 bridgehead atoms. The third-order valence-electron chi connectivity index (χ3n) is 5.01. The molecule has 0 amide bonds. The number of aromatic amines is 1. The van der Waals surface area contributed by atoms with Gasteiger partial charge in [-0.05, 0) is 47.0 Å². The van der Waals surface area contributed by atoms with Crippen LogP contribution in [0.4, 0.5) is 10.2 Å². The van der Waals surface area contributed by atoms with Crippen LogP contribution in [0.25, 0.3) is 32.2 Å². The molecule has 0 saturated heterocycles. The van der Waals surface area contributed by atoms with Crippen molar-refractivity contribution >= 4 is 44.1 Å². The summed E-state index contributed by atoms with van der Waals surface area (Å²) in [5, 5.41) is 22.4. The number of carboxylic acid groups (broad SMARTS) is 1. The van der Waals surface area contributed by atoms with Gasteiger partial charge in [0.05, 0.1) is 15.9 Å².